The first kappa shape index (κ1) is 15.3. The summed E-state index contributed by atoms with van der Waals surface area (Å²) in [5, 5.41) is 13.2. The van der Waals surface area contributed by atoms with Crippen LogP contribution in [-0.2, 0) is 6.18 Å². The molecule has 1 aromatic heterocycles. The molecule has 21 heavy (non-hydrogen) atoms. The zero-order chi connectivity index (χ0) is 15.8. The summed E-state index contributed by atoms with van der Waals surface area (Å²) in [6.07, 6.45) is -3.46. The lowest BCUT2D eigenvalue weighted by atomic mass is 10.2. The molecule has 0 radical (unpaired) electrons. The first-order chi connectivity index (χ1) is 9.71. The molecule has 1 heterocycles. The molecule has 0 bridgehead atoms. The molecule has 2 aromatic rings. The highest BCUT2D eigenvalue weighted by Gasteiger charge is 2.30. The van der Waals surface area contributed by atoms with Crippen molar-refractivity contribution >= 4 is 17.3 Å². The smallest absolute Gasteiger partial charge is 0.289 e. The molecule has 0 saturated heterocycles. The van der Waals surface area contributed by atoms with Gasteiger partial charge >= 0.3 is 6.18 Å². The lowest BCUT2D eigenvalue weighted by Crippen LogP contribution is -2.25. The Bertz CT molecular complexity index is 728. The van der Waals surface area contributed by atoms with Crippen LogP contribution in [0.25, 0.3) is 5.69 Å². The normalized spacial score (nSPS) is 11.5. The van der Waals surface area contributed by atoms with E-state index < -0.39 is 17.3 Å². The van der Waals surface area contributed by atoms with Crippen LogP contribution in [0.5, 0.6) is 0 Å². The van der Waals surface area contributed by atoms with Crippen LogP contribution in [-0.4, -0.2) is 22.0 Å². The van der Waals surface area contributed by atoms with Crippen molar-refractivity contribution in [3.05, 3.63) is 51.4 Å². The number of anilines is 1. The molecular weight excluding hydrogens is 311 g/mol. The molecule has 0 fully saturated rings. The van der Waals surface area contributed by atoms with Crippen molar-refractivity contribution in [1.82, 2.24) is 9.78 Å². The van der Waals surface area contributed by atoms with Crippen molar-refractivity contribution in [2.45, 2.75) is 6.18 Å². The first-order valence-corrected chi connectivity index (χ1v) is 5.97. The molecule has 0 saturated carbocycles. The van der Waals surface area contributed by atoms with Crippen LogP contribution in [0.3, 0.4) is 0 Å². The highest BCUT2D eigenvalue weighted by atomic mass is 35.5. The van der Waals surface area contributed by atoms with E-state index in [2.05, 4.69) is 5.10 Å². The minimum absolute atomic E-state index is 0.0510. The molecule has 0 amide bonds. The van der Waals surface area contributed by atoms with E-state index in [4.69, 9.17) is 11.6 Å². The largest absolute Gasteiger partial charge is 0.416 e. The fourth-order valence-corrected chi connectivity index (χ4v) is 1.90. The van der Waals surface area contributed by atoms with E-state index in [0.29, 0.717) is 5.06 Å². The van der Waals surface area contributed by atoms with Gasteiger partial charge < -0.3 is 0 Å². The Kier molecular flexibility index (Phi) is 3.93. The van der Waals surface area contributed by atoms with Crippen LogP contribution >= 0.6 is 11.6 Å². The van der Waals surface area contributed by atoms with Gasteiger partial charge in [0.1, 0.15) is 10.7 Å². The second-order valence-corrected chi connectivity index (χ2v) is 4.51. The summed E-state index contributed by atoms with van der Waals surface area (Å²) in [4.78, 5) is 12.0. The molecule has 2 rings (SSSR count). The Morgan fingerprint density at radius 3 is 2.62 bits per heavy atom. The summed E-state index contributed by atoms with van der Waals surface area (Å²) in [5.74, 6) is 0. The van der Waals surface area contributed by atoms with Gasteiger partial charge in [0.25, 0.3) is 5.56 Å². The fraction of sp³-hybridized carbons (Fsp3) is 0.167. The Morgan fingerprint density at radius 1 is 1.38 bits per heavy atom. The Labute approximate surface area is 121 Å². The number of hydrogen-bond acceptors (Lipinski definition) is 4. The SMILES string of the molecule is CN(O)c1cnn(-c2cccc(C(F)(F)F)c2)c(=O)c1Cl. The average molecular weight is 320 g/mol. The van der Waals surface area contributed by atoms with Crippen LogP contribution in [0.4, 0.5) is 18.9 Å². The Morgan fingerprint density at radius 2 is 2.05 bits per heavy atom. The van der Waals surface area contributed by atoms with E-state index in [-0.39, 0.29) is 16.4 Å². The van der Waals surface area contributed by atoms with Gasteiger partial charge in [-0.25, -0.2) is 0 Å². The maximum Gasteiger partial charge on any atom is 0.416 e. The lowest BCUT2D eigenvalue weighted by Gasteiger charge is -2.13. The molecule has 1 N–H and O–H groups in total. The number of halogens is 4. The molecule has 9 heteroatoms. The molecule has 0 spiro atoms. The number of rotatable bonds is 2. The Hall–Kier alpha value is -2.06. The zero-order valence-corrected chi connectivity index (χ0v) is 11.4. The fourth-order valence-electron chi connectivity index (χ4n) is 1.65. The van der Waals surface area contributed by atoms with Crippen LogP contribution in [0.2, 0.25) is 5.02 Å². The van der Waals surface area contributed by atoms with E-state index >= 15 is 0 Å². The van der Waals surface area contributed by atoms with Crippen molar-refractivity contribution in [1.29, 1.82) is 0 Å². The van der Waals surface area contributed by atoms with Crippen molar-refractivity contribution in [2.75, 3.05) is 12.1 Å². The number of hydroxylamine groups is 1. The third kappa shape index (κ3) is 3.01. The van der Waals surface area contributed by atoms with E-state index in [9.17, 15) is 23.2 Å². The van der Waals surface area contributed by atoms with E-state index in [1.807, 2.05) is 0 Å². The third-order valence-corrected chi connectivity index (χ3v) is 3.02. The molecule has 0 aliphatic rings. The summed E-state index contributed by atoms with van der Waals surface area (Å²) in [6, 6.07) is 4.12. The molecule has 0 aliphatic heterocycles. The van der Waals surface area contributed by atoms with Gasteiger partial charge in [-0.2, -0.15) is 23.0 Å². The maximum absolute atomic E-state index is 12.7. The van der Waals surface area contributed by atoms with Crippen molar-refractivity contribution in [3.63, 3.8) is 0 Å². The number of aromatic nitrogens is 2. The van der Waals surface area contributed by atoms with Crippen LogP contribution in [0.1, 0.15) is 5.56 Å². The average Bonchev–Trinajstić information content (AvgIpc) is 2.40. The van der Waals surface area contributed by atoms with Crippen LogP contribution in [0, 0.1) is 0 Å². The van der Waals surface area contributed by atoms with E-state index in [1.165, 1.54) is 13.1 Å². The Balaban J connectivity index is 2.59. The van der Waals surface area contributed by atoms with Crippen LogP contribution < -0.4 is 10.6 Å². The number of hydrogen-bond donors (Lipinski definition) is 1. The second kappa shape index (κ2) is 5.38. The topological polar surface area (TPSA) is 58.4 Å². The lowest BCUT2D eigenvalue weighted by molar-refractivity contribution is -0.137. The minimum Gasteiger partial charge on any atom is -0.289 e. The quantitative estimate of drug-likeness (QED) is 0.865. The molecule has 0 aliphatic carbocycles. The zero-order valence-electron chi connectivity index (χ0n) is 10.6. The molecular formula is C12H9ClF3N3O2. The van der Waals surface area contributed by atoms with E-state index in [0.717, 1.165) is 29.1 Å². The van der Waals surface area contributed by atoms with Gasteiger partial charge in [0.15, 0.2) is 0 Å². The standard InChI is InChI=1S/C12H9ClF3N3O2/c1-18(21)9-6-17-19(11(20)10(9)13)8-4-2-3-7(5-8)12(14,15)16/h2-6,21H,1H3. The van der Waals surface area contributed by atoms with Crippen molar-refractivity contribution in [3.8, 4) is 5.69 Å². The molecule has 0 atom stereocenters. The summed E-state index contributed by atoms with van der Waals surface area (Å²) >= 11 is 5.78. The number of alkyl halides is 3. The predicted molar refractivity (Wildman–Crippen MR) is 70.0 cm³/mol. The summed E-state index contributed by atoms with van der Waals surface area (Å²) in [7, 11) is 1.23. The summed E-state index contributed by atoms with van der Waals surface area (Å²) < 4.78 is 38.7. The highest BCUT2D eigenvalue weighted by molar-refractivity contribution is 6.32. The minimum atomic E-state index is -4.53. The second-order valence-electron chi connectivity index (χ2n) is 4.13. The highest BCUT2D eigenvalue weighted by Crippen LogP contribution is 2.30. The molecule has 0 unspecified atom stereocenters. The maximum atomic E-state index is 12.7. The molecule has 1 aromatic carbocycles. The summed E-state index contributed by atoms with van der Waals surface area (Å²) in [5.41, 5.74) is -1.88. The summed E-state index contributed by atoms with van der Waals surface area (Å²) in [6.45, 7) is 0. The van der Waals surface area contributed by atoms with Gasteiger partial charge in [-0.3, -0.25) is 15.1 Å². The van der Waals surface area contributed by atoms with Gasteiger partial charge in [0, 0.05) is 7.05 Å². The number of nitrogens with zero attached hydrogens (tertiary/aromatic N) is 3. The first-order valence-electron chi connectivity index (χ1n) is 5.60. The van der Waals surface area contributed by atoms with Crippen LogP contribution in [0.15, 0.2) is 35.3 Å². The van der Waals surface area contributed by atoms with E-state index in [1.54, 1.807) is 0 Å². The van der Waals surface area contributed by atoms with Crippen molar-refractivity contribution in [2.24, 2.45) is 0 Å². The van der Waals surface area contributed by atoms with Gasteiger partial charge in [0.2, 0.25) is 0 Å². The van der Waals surface area contributed by atoms with Crippen molar-refractivity contribution < 1.29 is 18.4 Å². The predicted octanol–water partition coefficient (Wildman–Crippen LogP) is 2.73. The van der Waals surface area contributed by atoms with Gasteiger partial charge in [-0.05, 0) is 18.2 Å². The number of benzene rings is 1. The third-order valence-electron chi connectivity index (χ3n) is 2.67. The molecule has 5 nitrogen and oxygen atoms in total. The monoisotopic (exact) mass is 319 g/mol. The van der Waals surface area contributed by atoms with Gasteiger partial charge in [-0.1, -0.05) is 17.7 Å². The van der Waals surface area contributed by atoms with Gasteiger partial charge in [-0.15, -0.1) is 0 Å². The van der Waals surface area contributed by atoms with Gasteiger partial charge in [0.05, 0.1) is 17.4 Å². The molecule has 112 valence electrons.